The number of hydrogen-bond donors (Lipinski definition) is 3. The second kappa shape index (κ2) is 4.82. The van der Waals surface area contributed by atoms with Crippen molar-refractivity contribution in [1.29, 1.82) is 0 Å². The second-order valence-corrected chi connectivity index (χ2v) is 4.66. The van der Waals surface area contributed by atoms with Crippen LogP contribution in [0, 0.1) is 5.92 Å². The van der Waals surface area contributed by atoms with Crippen LogP contribution in [-0.4, -0.2) is 35.6 Å². The molecular formula is C11H18N2O3. The number of carboxylic acids is 1. The molecule has 90 valence electrons. The van der Waals surface area contributed by atoms with Gasteiger partial charge < -0.3 is 15.7 Å². The number of carboxylic acid groups (broad SMARTS) is 1. The average Bonchev–Trinajstić information content (AvgIpc) is 3.10. The fraction of sp³-hybridized carbons (Fsp3) is 0.818. The molecule has 1 unspecified atom stereocenters. The highest BCUT2D eigenvalue weighted by Gasteiger charge is 2.38. The Hall–Kier alpha value is -1.10. The summed E-state index contributed by atoms with van der Waals surface area (Å²) >= 11 is 0. The van der Waals surface area contributed by atoms with Gasteiger partial charge in [0, 0.05) is 0 Å². The van der Waals surface area contributed by atoms with Gasteiger partial charge in [0.05, 0.1) is 6.04 Å². The first-order valence-corrected chi connectivity index (χ1v) is 5.95. The highest BCUT2D eigenvalue weighted by molar-refractivity contribution is 5.87. The molecule has 0 aromatic carbocycles. The summed E-state index contributed by atoms with van der Waals surface area (Å²) in [7, 11) is 0. The lowest BCUT2D eigenvalue weighted by atomic mass is 10.0. The van der Waals surface area contributed by atoms with E-state index in [1.807, 2.05) is 0 Å². The summed E-state index contributed by atoms with van der Waals surface area (Å²) in [5, 5.41) is 14.8. The SMILES string of the molecule is O=C(O)C(NC(=O)[C@H]1CCCCN1)C1CC1. The van der Waals surface area contributed by atoms with E-state index in [2.05, 4.69) is 10.6 Å². The van der Waals surface area contributed by atoms with Crippen LogP contribution in [0.4, 0.5) is 0 Å². The molecule has 2 atom stereocenters. The summed E-state index contributed by atoms with van der Waals surface area (Å²) in [5.74, 6) is -0.921. The van der Waals surface area contributed by atoms with E-state index < -0.39 is 12.0 Å². The first-order chi connectivity index (χ1) is 7.68. The number of carbonyl (C=O) groups is 2. The Morgan fingerprint density at radius 3 is 2.50 bits per heavy atom. The molecule has 0 aromatic rings. The van der Waals surface area contributed by atoms with Gasteiger partial charge >= 0.3 is 5.97 Å². The van der Waals surface area contributed by atoms with Gasteiger partial charge in [-0.15, -0.1) is 0 Å². The zero-order chi connectivity index (χ0) is 11.5. The monoisotopic (exact) mass is 226 g/mol. The van der Waals surface area contributed by atoms with Crippen LogP contribution < -0.4 is 10.6 Å². The van der Waals surface area contributed by atoms with Crippen molar-refractivity contribution in [2.45, 2.75) is 44.2 Å². The summed E-state index contributed by atoms with van der Waals surface area (Å²) in [6.07, 6.45) is 4.76. The maximum absolute atomic E-state index is 11.8. The normalized spacial score (nSPS) is 27.1. The molecule has 1 heterocycles. The van der Waals surface area contributed by atoms with Crippen LogP contribution in [0.3, 0.4) is 0 Å². The second-order valence-electron chi connectivity index (χ2n) is 4.66. The van der Waals surface area contributed by atoms with Crippen LogP contribution >= 0.6 is 0 Å². The Morgan fingerprint density at radius 2 is 2.00 bits per heavy atom. The van der Waals surface area contributed by atoms with Gasteiger partial charge in [0.2, 0.25) is 5.91 Å². The van der Waals surface area contributed by atoms with Crippen LogP contribution in [0.25, 0.3) is 0 Å². The molecular weight excluding hydrogens is 208 g/mol. The van der Waals surface area contributed by atoms with E-state index in [1.54, 1.807) is 0 Å². The molecule has 1 saturated heterocycles. The zero-order valence-corrected chi connectivity index (χ0v) is 9.24. The molecule has 1 saturated carbocycles. The average molecular weight is 226 g/mol. The Labute approximate surface area is 94.6 Å². The van der Waals surface area contributed by atoms with Gasteiger partial charge in [-0.2, -0.15) is 0 Å². The lowest BCUT2D eigenvalue weighted by Crippen LogP contribution is -2.52. The maximum Gasteiger partial charge on any atom is 0.326 e. The standard InChI is InChI=1S/C11H18N2O3/c14-10(8-3-1-2-6-12-8)13-9(11(15)16)7-4-5-7/h7-9,12H,1-6H2,(H,13,14)(H,15,16)/t8-,9?/m1/s1. The number of aliphatic carboxylic acids is 1. The van der Waals surface area contributed by atoms with Gasteiger partial charge in [0.1, 0.15) is 6.04 Å². The predicted molar refractivity (Wildman–Crippen MR) is 57.9 cm³/mol. The summed E-state index contributed by atoms with van der Waals surface area (Å²) < 4.78 is 0. The summed E-state index contributed by atoms with van der Waals surface area (Å²) in [6, 6.07) is -0.884. The number of amides is 1. The fourth-order valence-corrected chi connectivity index (χ4v) is 2.14. The summed E-state index contributed by atoms with van der Waals surface area (Å²) in [4.78, 5) is 22.8. The van der Waals surface area contributed by atoms with E-state index in [0.29, 0.717) is 0 Å². The van der Waals surface area contributed by atoms with Crippen molar-refractivity contribution in [2.24, 2.45) is 5.92 Å². The van der Waals surface area contributed by atoms with Gasteiger partial charge in [-0.25, -0.2) is 4.79 Å². The van der Waals surface area contributed by atoms with Gasteiger partial charge in [0.25, 0.3) is 0 Å². The van der Waals surface area contributed by atoms with Crippen LogP contribution in [0.15, 0.2) is 0 Å². The Balaban J connectivity index is 1.86. The Kier molecular flexibility index (Phi) is 3.43. The fourth-order valence-electron chi connectivity index (χ4n) is 2.14. The van der Waals surface area contributed by atoms with Crippen LogP contribution in [0.2, 0.25) is 0 Å². The van der Waals surface area contributed by atoms with Crippen LogP contribution in [0.1, 0.15) is 32.1 Å². The molecule has 1 aliphatic carbocycles. The molecule has 5 nitrogen and oxygen atoms in total. The lowest BCUT2D eigenvalue weighted by molar-refractivity contribution is -0.142. The largest absolute Gasteiger partial charge is 0.480 e. The number of piperidine rings is 1. The van der Waals surface area contributed by atoms with Crippen molar-refractivity contribution >= 4 is 11.9 Å². The number of hydrogen-bond acceptors (Lipinski definition) is 3. The lowest BCUT2D eigenvalue weighted by Gasteiger charge is -2.24. The van der Waals surface area contributed by atoms with Crippen LogP contribution in [-0.2, 0) is 9.59 Å². The zero-order valence-electron chi connectivity index (χ0n) is 9.24. The molecule has 0 aromatic heterocycles. The topological polar surface area (TPSA) is 78.4 Å². The van der Waals surface area contributed by atoms with Crippen molar-refractivity contribution in [3.8, 4) is 0 Å². The Bertz CT molecular complexity index is 283. The van der Waals surface area contributed by atoms with Gasteiger partial charge in [0.15, 0.2) is 0 Å². The third-order valence-electron chi connectivity index (χ3n) is 3.28. The smallest absolute Gasteiger partial charge is 0.326 e. The predicted octanol–water partition coefficient (Wildman–Crippen LogP) is 0.108. The molecule has 3 N–H and O–H groups in total. The quantitative estimate of drug-likeness (QED) is 0.635. The molecule has 0 spiro atoms. The molecule has 1 aliphatic heterocycles. The van der Waals surface area contributed by atoms with Crippen molar-refractivity contribution in [3.05, 3.63) is 0 Å². The van der Waals surface area contributed by atoms with Gasteiger partial charge in [-0.1, -0.05) is 6.42 Å². The van der Waals surface area contributed by atoms with Gasteiger partial charge in [-0.05, 0) is 38.1 Å². The molecule has 2 rings (SSSR count). The Morgan fingerprint density at radius 1 is 1.25 bits per heavy atom. The molecule has 1 amide bonds. The van der Waals surface area contributed by atoms with E-state index in [1.165, 1.54) is 0 Å². The first kappa shape index (κ1) is 11.4. The maximum atomic E-state index is 11.8. The van der Waals surface area contributed by atoms with E-state index >= 15 is 0 Å². The van der Waals surface area contributed by atoms with E-state index in [-0.39, 0.29) is 17.9 Å². The first-order valence-electron chi connectivity index (χ1n) is 5.95. The third kappa shape index (κ3) is 2.72. The van der Waals surface area contributed by atoms with Gasteiger partial charge in [-0.3, -0.25) is 4.79 Å². The third-order valence-corrected chi connectivity index (χ3v) is 3.28. The van der Waals surface area contributed by atoms with E-state index in [0.717, 1.165) is 38.6 Å². The number of rotatable bonds is 4. The molecule has 16 heavy (non-hydrogen) atoms. The highest BCUT2D eigenvalue weighted by atomic mass is 16.4. The molecule has 0 radical (unpaired) electrons. The molecule has 0 bridgehead atoms. The highest BCUT2D eigenvalue weighted by Crippen LogP contribution is 2.32. The van der Waals surface area contributed by atoms with E-state index in [4.69, 9.17) is 5.11 Å². The molecule has 2 aliphatic rings. The summed E-state index contributed by atoms with van der Waals surface area (Å²) in [5.41, 5.74) is 0. The minimum absolute atomic E-state index is 0.144. The number of nitrogens with one attached hydrogen (secondary N) is 2. The summed E-state index contributed by atoms with van der Waals surface area (Å²) in [6.45, 7) is 0.846. The van der Waals surface area contributed by atoms with Crippen molar-refractivity contribution < 1.29 is 14.7 Å². The minimum Gasteiger partial charge on any atom is -0.480 e. The number of carbonyl (C=O) groups excluding carboxylic acids is 1. The van der Waals surface area contributed by atoms with Crippen molar-refractivity contribution in [3.63, 3.8) is 0 Å². The minimum atomic E-state index is -0.911. The van der Waals surface area contributed by atoms with Crippen molar-refractivity contribution in [2.75, 3.05) is 6.54 Å². The molecule has 2 fully saturated rings. The van der Waals surface area contributed by atoms with Crippen molar-refractivity contribution in [1.82, 2.24) is 10.6 Å². The van der Waals surface area contributed by atoms with Crippen LogP contribution in [0.5, 0.6) is 0 Å². The van der Waals surface area contributed by atoms with E-state index in [9.17, 15) is 9.59 Å². The molecule has 5 heteroatoms.